The normalized spacial score (nSPS) is 15.3. The SMILES string of the molecule is CCn1cc(-c2cc(C(=O)N3CCC(CCN(C)C)CC3)c3ccccc3n2)cn1. The summed E-state index contributed by atoms with van der Waals surface area (Å²) < 4.78 is 1.88. The van der Waals surface area contributed by atoms with E-state index in [-0.39, 0.29) is 5.91 Å². The van der Waals surface area contributed by atoms with Gasteiger partial charge >= 0.3 is 0 Å². The summed E-state index contributed by atoms with van der Waals surface area (Å²) in [6.07, 6.45) is 7.18. The van der Waals surface area contributed by atoms with E-state index < -0.39 is 0 Å². The quantitative estimate of drug-likeness (QED) is 0.624. The Morgan fingerprint density at radius 1 is 1.20 bits per heavy atom. The number of para-hydroxylation sites is 1. The number of likely N-dealkylation sites (tertiary alicyclic amines) is 1. The first-order valence-corrected chi connectivity index (χ1v) is 10.9. The van der Waals surface area contributed by atoms with Crippen LogP contribution in [0.25, 0.3) is 22.2 Å². The van der Waals surface area contributed by atoms with Crippen molar-refractivity contribution in [1.82, 2.24) is 24.6 Å². The summed E-state index contributed by atoms with van der Waals surface area (Å²) in [5.41, 5.74) is 3.34. The molecular formula is C24H31N5O. The first-order chi connectivity index (χ1) is 14.5. The van der Waals surface area contributed by atoms with Gasteiger partial charge in [-0.3, -0.25) is 9.48 Å². The van der Waals surface area contributed by atoms with Crippen molar-refractivity contribution in [2.75, 3.05) is 33.7 Å². The predicted octanol–water partition coefficient (Wildman–Crippen LogP) is 3.92. The van der Waals surface area contributed by atoms with Crippen LogP contribution in [0.15, 0.2) is 42.7 Å². The zero-order chi connectivity index (χ0) is 21.1. The molecule has 0 radical (unpaired) electrons. The number of aromatic nitrogens is 3. The molecule has 0 spiro atoms. The molecule has 0 N–H and O–H groups in total. The van der Waals surface area contributed by atoms with Crippen LogP contribution in [-0.2, 0) is 6.54 Å². The third kappa shape index (κ3) is 4.38. The van der Waals surface area contributed by atoms with Crippen LogP contribution >= 0.6 is 0 Å². The molecule has 0 aliphatic carbocycles. The van der Waals surface area contributed by atoms with E-state index in [1.165, 1.54) is 6.42 Å². The van der Waals surface area contributed by atoms with Crippen LogP contribution in [0.2, 0.25) is 0 Å². The van der Waals surface area contributed by atoms with Gasteiger partial charge in [0.25, 0.3) is 5.91 Å². The van der Waals surface area contributed by atoms with Gasteiger partial charge in [-0.15, -0.1) is 0 Å². The Morgan fingerprint density at radius 3 is 2.67 bits per heavy atom. The van der Waals surface area contributed by atoms with Gasteiger partial charge in [0.2, 0.25) is 0 Å². The average Bonchev–Trinajstić information content (AvgIpc) is 3.26. The maximum Gasteiger partial charge on any atom is 0.254 e. The number of piperidine rings is 1. The second kappa shape index (κ2) is 8.96. The van der Waals surface area contributed by atoms with Crippen molar-refractivity contribution in [3.63, 3.8) is 0 Å². The zero-order valence-electron chi connectivity index (χ0n) is 18.2. The third-order valence-corrected chi connectivity index (χ3v) is 6.09. The summed E-state index contributed by atoms with van der Waals surface area (Å²) in [4.78, 5) is 22.6. The van der Waals surface area contributed by atoms with E-state index in [4.69, 9.17) is 4.98 Å². The number of hydrogen-bond acceptors (Lipinski definition) is 4. The van der Waals surface area contributed by atoms with Gasteiger partial charge in [0.15, 0.2) is 0 Å². The van der Waals surface area contributed by atoms with Gasteiger partial charge < -0.3 is 9.80 Å². The molecule has 30 heavy (non-hydrogen) atoms. The minimum atomic E-state index is 0.115. The second-order valence-electron chi connectivity index (χ2n) is 8.48. The van der Waals surface area contributed by atoms with Crippen molar-refractivity contribution >= 4 is 16.8 Å². The van der Waals surface area contributed by atoms with Crippen LogP contribution < -0.4 is 0 Å². The summed E-state index contributed by atoms with van der Waals surface area (Å²) >= 11 is 0. The highest BCUT2D eigenvalue weighted by Gasteiger charge is 2.25. The van der Waals surface area contributed by atoms with Crippen LogP contribution in [0.1, 0.15) is 36.5 Å². The van der Waals surface area contributed by atoms with Crippen LogP contribution in [0, 0.1) is 5.92 Å². The lowest BCUT2D eigenvalue weighted by Gasteiger charge is -2.32. The zero-order valence-corrected chi connectivity index (χ0v) is 18.2. The Bertz CT molecular complexity index is 1020. The molecular weight excluding hydrogens is 374 g/mol. The molecule has 0 bridgehead atoms. The van der Waals surface area contributed by atoms with Gasteiger partial charge in [0, 0.05) is 36.8 Å². The maximum absolute atomic E-state index is 13.5. The number of nitrogens with zero attached hydrogens (tertiary/aromatic N) is 5. The maximum atomic E-state index is 13.5. The molecule has 1 aliphatic rings. The van der Waals surface area contributed by atoms with Crippen molar-refractivity contribution in [3.8, 4) is 11.3 Å². The largest absolute Gasteiger partial charge is 0.339 e. The molecule has 0 saturated carbocycles. The predicted molar refractivity (Wildman–Crippen MR) is 120 cm³/mol. The van der Waals surface area contributed by atoms with E-state index in [9.17, 15) is 4.79 Å². The summed E-state index contributed by atoms with van der Waals surface area (Å²) in [5, 5.41) is 5.29. The van der Waals surface area contributed by atoms with Crippen molar-refractivity contribution in [1.29, 1.82) is 0 Å². The van der Waals surface area contributed by atoms with Crippen molar-refractivity contribution in [2.45, 2.75) is 32.7 Å². The van der Waals surface area contributed by atoms with E-state index in [2.05, 4.69) is 31.0 Å². The standard InChI is InChI=1S/C24H31N5O/c1-4-29-17-19(16-25-29)23-15-21(20-7-5-6-8-22(20)26-23)24(30)28-13-10-18(11-14-28)9-12-27(2)3/h5-8,15-18H,4,9-14H2,1-3H3. The highest BCUT2D eigenvalue weighted by Crippen LogP contribution is 2.28. The molecule has 4 rings (SSSR count). The molecule has 2 aromatic heterocycles. The van der Waals surface area contributed by atoms with Gasteiger partial charge in [-0.05, 0) is 64.9 Å². The van der Waals surface area contributed by atoms with E-state index in [1.54, 1.807) is 0 Å². The van der Waals surface area contributed by atoms with Crippen LogP contribution in [0.4, 0.5) is 0 Å². The Kier molecular flexibility index (Phi) is 6.13. The van der Waals surface area contributed by atoms with Crippen LogP contribution in [0.3, 0.4) is 0 Å². The van der Waals surface area contributed by atoms with E-state index in [0.29, 0.717) is 5.92 Å². The topological polar surface area (TPSA) is 54.3 Å². The molecule has 1 amide bonds. The number of rotatable bonds is 6. The van der Waals surface area contributed by atoms with E-state index in [0.717, 1.165) is 66.7 Å². The number of carbonyl (C=O) groups excluding carboxylic acids is 1. The number of pyridine rings is 1. The van der Waals surface area contributed by atoms with Crippen LogP contribution in [-0.4, -0.2) is 64.2 Å². The Labute approximate surface area is 178 Å². The molecule has 0 unspecified atom stereocenters. The highest BCUT2D eigenvalue weighted by molar-refractivity contribution is 6.07. The van der Waals surface area contributed by atoms with Crippen LogP contribution in [0.5, 0.6) is 0 Å². The number of benzene rings is 1. The lowest BCUT2D eigenvalue weighted by Crippen LogP contribution is -2.39. The van der Waals surface area contributed by atoms with Gasteiger partial charge in [0.1, 0.15) is 0 Å². The van der Waals surface area contributed by atoms with E-state index >= 15 is 0 Å². The van der Waals surface area contributed by atoms with Crippen molar-refractivity contribution in [2.24, 2.45) is 5.92 Å². The van der Waals surface area contributed by atoms with Gasteiger partial charge in [-0.2, -0.15) is 5.10 Å². The Hall–Kier alpha value is -2.73. The minimum absolute atomic E-state index is 0.115. The number of hydrogen-bond donors (Lipinski definition) is 0. The summed E-state index contributed by atoms with van der Waals surface area (Å²) in [7, 11) is 4.24. The highest BCUT2D eigenvalue weighted by atomic mass is 16.2. The van der Waals surface area contributed by atoms with E-state index in [1.807, 2.05) is 52.3 Å². The molecule has 1 saturated heterocycles. The fourth-order valence-corrected chi connectivity index (χ4v) is 4.20. The lowest BCUT2D eigenvalue weighted by atomic mass is 9.92. The van der Waals surface area contributed by atoms with Gasteiger partial charge in [-0.1, -0.05) is 18.2 Å². The molecule has 6 nitrogen and oxygen atoms in total. The Balaban J connectivity index is 1.59. The first kappa shape index (κ1) is 20.5. The van der Waals surface area contributed by atoms with Gasteiger partial charge in [-0.25, -0.2) is 4.98 Å². The Morgan fingerprint density at radius 2 is 1.97 bits per heavy atom. The van der Waals surface area contributed by atoms with Gasteiger partial charge in [0.05, 0.1) is 23.0 Å². The average molecular weight is 406 g/mol. The van der Waals surface area contributed by atoms with Crippen molar-refractivity contribution < 1.29 is 4.79 Å². The monoisotopic (exact) mass is 405 g/mol. The molecule has 1 fully saturated rings. The smallest absolute Gasteiger partial charge is 0.254 e. The lowest BCUT2D eigenvalue weighted by molar-refractivity contribution is 0.0685. The summed E-state index contributed by atoms with van der Waals surface area (Å²) in [5.74, 6) is 0.824. The fourth-order valence-electron chi connectivity index (χ4n) is 4.20. The molecule has 158 valence electrons. The number of aryl methyl sites for hydroxylation is 1. The molecule has 0 atom stereocenters. The summed E-state index contributed by atoms with van der Waals surface area (Å²) in [6, 6.07) is 9.87. The molecule has 1 aliphatic heterocycles. The van der Waals surface area contributed by atoms with Crippen molar-refractivity contribution in [3.05, 3.63) is 48.3 Å². The molecule has 3 aromatic rings. The molecule has 1 aromatic carbocycles. The number of amides is 1. The molecule has 3 heterocycles. The minimum Gasteiger partial charge on any atom is -0.339 e. The third-order valence-electron chi connectivity index (χ3n) is 6.09. The number of carbonyl (C=O) groups is 1. The second-order valence-corrected chi connectivity index (χ2v) is 8.48. The fraction of sp³-hybridized carbons (Fsp3) is 0.458. The molecule has 6 heteroatoms. The summed E-state index contributed by atoms with van der Waals surface area (Å²) in [6.45, 7) is 5.64. The first-order valence-electron chi connectivity index (χ1n) is 10.9. The number of fused-ring (bicyclic) bond motifs is 1.